The third kappa shape index (κ3) is 4.27. The standard InChI is InChI=1S/C18H15N3O2S/c22-17(11-16-7-3-9-24-16)20-14-5-1-6-15(10-14)21-18(23)13-4-2-8-19-12-13/h1-10,12H,11H2,(H,20,22)(H,21,23). The number of rotatable bonds is 5. The van der Waals surface area contributed by atoms with Gasteiger partial charge >= 0.3 is 0 Å². The average Bonchev–Trinajstić information content (AvgIpc) is 3.08. The van der Waals surface area contributed by atoms with Crippen LogP contribution in [0.15, 0.2) is 66.3 Å². The molecule has 0 aliphatic rings. The summed E-state index contributed by atoms with van der Waals surface area (Å²) in [5.41, 5.74) is 1.72. The number of hydrogen-bond acceptors (Lipinski definition) is 4. The Morgan fingerprint density at radius 3 is 2.54 bits per heavy atom. The van der Waals surface area contributed by atoms with Crippen LogP contribution in [-0.2, 0) is 11.2 Å². The second-order valence-corrected chi connectivity index (χ2v) is 6.11. The zero-order valence-corrected chi connectivity index (χ0v) is 13.5. The Hall–Kier alpha value is -2.99. The van der Waals surface area contributed by atoms with Gasteiger partial charge in [0.15, 0.2) is 0 Å². The number of pyridine rings is 1. The van der Waals surface area contributed by atoms with E-state index in [4.69, 9.17) is 0 Å². The Labute approximate surface area is 143 Å². The summed E-state index contributed by atoms with van der Waals surface area (Å²) in [5.74, 6) is -0.335. The van der Waals surface area contributed by atoms with Crippen LogP contribution in [0.2, 0.25) is 0 Å². The van der Waals surface area contributed by atoms with Crippen LogP contribution in [-0.4, -0.2) is 16.8 Å². The van der Waals surface area contributed by atoms with E-state index in [1.807, 2.05) is 17.5 Å². The summed E-state index contributed by atoms with van der Waals surface area (Å²) >= 11 is 1.55. The van der Waals surface area contributed by atoms with E-state index < -0.39 is 0 Å². The van der Waals surface area contributed by atoms with Gasteiger partial charge in [-0.05, 0) is 41.8 Å². The summed E-state index contributed by atoms with van der Waals surface area (Å²) < 4.78 is 0. The molecule has 0 saturated heterocycles. The quantitative estimate of drug-likeness (QED) is 0.747. The molecule has 0 radical (unpaired) electrons. The zero-order valence-electron chi connectivity index (χ0n) is 12.7. The normalized spacial score (nSPS) is 10.2. The maximum absolute atomic E-state index is 12.1. The summed E-state index contributed by atoms with van der Waals surface area (Å²) in [6, 6.07) is 14.3. The minimum absolute atomic E-state index is 0.0896. The van der Waals surface area contributed by atoms with Gasteiger partial charge in [0.25, 0.3) is 5.91 Å². The summed E-state index contributed by atoms with van der Waals surface area (Å²) in [6.07, 6.45) is 3.45. The highest BCUT2D eigenvalue weighted by Crippen LogP contribution is 2.17. The van der Waals surface area contributed by atoms with E-state index in [0.717, 1.165) is 4.88 Å². The highest BCUT2D eigenvalue weighted by atomic mass is 32.1. The molecule has 0 aliphatic heterocycles. The molecule has 3 aromatic rings. The van der Waals surface area contributed by atoms with Crippen molar-refractivity contribution in [2.24, 2.45) is 0 Å². The second-order valence-electron chi connectivity index (χ2n) is 5.08. The van der Waals surface area contributed by atoms with Crippen LogP contribution in [0, 0.1) is 0 Å². The molecule has 0 bridgehead atoms. The van der Waals surface area contributed by atoms with Gasteiger partial charge in [-0.25, -0.2) is 0 Å². The van der Waals surface area contributed by atoms with Crippen LogP contribution in [0.4, 0.5) is 11.4 Å². The van der Waals surface area contributed by atoms with E-state index >= 15 is 0 Å². The molecule has 5 nitrogen and oxygen atoms in total. The van der Waals surface area contributed by atoms with Gasteiger partial charge in [0.1, 0.15) is 0 Å². The molecule has 2 heterocycles. The lowest BCUT2D eigenvalue weighted by atomic mass is 10.2. The molecule has 2 aromatic heterocycles. The molecule has 6 heteroatoms. The maximum atomic E-state index is 12.1. The van der Waals surface area contributed by atoms with Gasteiger partial charge in [0.05, 0.1) is 12.0 Å². The molecule has 1 aromatic carbocycles. The van der Waals surface area contributed by atoms with Crippen molar-refractivity contribution in [1.29, 1.82) is 0 Å². The van der Waals surface area contributed by atoms with Crippen molar-refractivity contribution in [2.45, 2.75) is 6.42 Å². The molecular formula is C18H15N3O2S. The highest BCUT2D eigenvalue weighted by molar-refractivity contribution is 7.10. The molecule has 0 atom stereocenters. The van der Waals surface area contributed by atoms with Crippen molar-refractivity contribution in [3.63, 3.8) is 0 Å². The molecule has 24 heavy (non-hydrogen) atoms. The number of benzene rings is 1. The fraction of sp³-hybridized carbons (Fsp3) is 0.0556. The van der Waals surface area contributed by atoms with Gasteiger partial charge in [-0.3, -0.25) is 14.6 Å². The number of anilines is 2. The first-order chi connectivity index (χ1) is 11.7. The van der Waals surface area contributed by atoms with Crippen molar-refractivity contribution < 1.29 is 9.59 Å². The van der Waals surface area contributed by atoms with Crippen molar-refractivity contribution in [2.75, 3.05) is 10.6 Å². The summed E-state index contributed by atoms with van der Waals surface area (Å²) in [6.45, 7) is 0. The van der Waals surface area contributed by atoms with Gasteiger partial charge in [0.2, 0.25) is 5.91 Å². The van der Waals surface area contributed by atoms with Crippen LogP contribution in [0.1, 0.15) is 15.2 Å². The molecule has 0 fully saturated rings. The van der Waals surface area contributed by atoms with Crippen LogP contribution in [0.5, 0.6) is 0 Å². The summed E-state index contributed by atoms with van der Waals surface area (Å²) in [5, 5.41) is 7.57. The monoisotopic (exact) mass is 337 g/mol. The van der Waals surface area contributed by atoms with Crippen molar-refractivity contribution >= 4 is 34.5 Å². The van der Waals surface area contributed by atoms with Crippen LogP contribution in [0.3, 0.4) is 0 Å². The number of aromatic nitrogens is 1. The smallest absolute Gasteiger partial charge is 0.257 e. The van der Waals surface area contributed by atoms with Crippen molar-refractivity contribution in [3.8, 4) is 0 Å². The molecule has 0 spiro atoms. The third-order valence-electron chi connectivity index (χ3n) is 3.24. The van der Waals surface area contributed by atoms with Gasteiger partial charge < -0.3 is 10.6 Å². The van der Waals surface area contributed by atoms with Gasteiger partial charge in [0, 0.05) is 28.6 Å². The lowest BCUT2D eigenvalue weighted by Gasteiger charge is -2.08. The lowest BCUT2D eigenvalue weighted by Crippen LogP contribution is -2.15. The number of carbonyl (C=O) groups is 2. The van der Waals surface area contributed by atoms with Gasteiger partial charge in [-0.1, -0.05) is 12.1 Å². The number of hydrogen-bond donors (Lipinski definition) is 2. The van der Waals surface area contributed by atoms with Gasteiger partial charge in [-0.2, -0.15) is 0 Å². The molecule has 120 valence electrons. The van der Waals surface area contributed by atoms with Crippen molar-refractivity contribution in [3.05, 3.63) is 76.7 Å². The average molecular weight is 337 g/mol. The molecule has 2 amide bonds. The van der Waals surface area contributed by atoms with Crippen LogP contribution in [0.25, 0.3) is 0 Å². The third-order valence-corrected chi connectivity index (χ3v) is 4.12. The number of nitrogens with zero attached hydrogens (tertiary/aromatic N) is 1. The van der Waals surface area contributed by atoms with E-state index in [2.05, 4.69) is 15.6 Å². The number of amides is 2. The first kappa shape index (κ1) is 15.9. The van der Waals surface area contributed by atoms with E-state index in [9.17, 15) is 9.59 Å². The number of carbonyl (C=O) groups excluding carboxylic acids is 2. The lowest BCUT2D eigenvalue weighted by molar-refractivity contribution is -0.115. The number of nitrogens with one attached hydrogen (secondary N) is 2. The SMILES string of the molecule is O=C(Cc1cccs1)Nc1cccc(NC(=O)c2cccnc2)c1. The largest absolute Gasteiger partial charge is 0.326 e. The molecular weight excluding hydrogens is 322 g/mol. The summed E-state index contributed by atoms with van der Waals surface area (Å²) in [4.78, 5) is 29.1. The van der Waals surface area contributed by atoms with Crippen LogP contribution >= 0.6 is 11.3 Å². The summed E-state index contributed by atoms with van der Waals surface area (Å²) in [7, 11) is 0. The fourth-order valence-electron chi connectivity index (χ4n) is 2.15. The topological polar surface area (TPSA) is 71.1 Å². The molecule has 0 aliphatic carbocycles. The minimum Gasteiger partial charge on any atom is -0.326 e. The Bertz CT molecular complexity index is 832. The molecule has 2 N–H and O–H groups in total. The van der Waals surface area contributed by atoms with E-state index in [0.29, 0.717) is 23.4 Å². The predicted octanol–water partition coefficient (Wildman–Crippen LogP) is 3.58. The van der Waals surface area contributed by atoms with E-state index in [1.54, 1.807) is 53.9 Å². The molecule has 3 rings (SSSR count). The highest BCUT2D eigenvalue weighted by Gasteiger charge is 2.08. The Kier molecular flexibility index (Phi) is 4.98. The number of thiophene rings is 1. The maximum Gasteiger partial charge on any atom is 0.257 e. The van der Waals surface area contributed by atoms with Gasteiger partial charge in [-0.15, -0.1) is 11.3 Å². The van der Waals surface area contributed by atoms with Crippen molar-refractivity contribution in [1.82, 2.24) is 4.98 Å². The molecule has 0 saturated carbocycles. The fourth-order valence-corrected chi connectivity index (χ4v) is 2.86. The Morgan fingerprint density at radius 2 is 1.83 bits per heavy atom. The molecule has 0 unspecified atom stereocenters. The second kappa shape index (κ2) is 7.52. The first-order valence-corrected chi connectivity index (χ1v) is 8.22. The van der Waals surface area contributed by atoms with E-state index in [-0.39, 0.29) is 11.8 Å². The van der Waals surface area contributed by atoms with E-state index in [1.165, 1.54) is 6.20 Å². The zero-order chi connectivity index (χ0) is 16.8. The first-order valence-electron chi connectivity index (χ1n) is 7.34. The van der Waals surface area contributed by atoms with Crippen LogP contribution < -0.4 is 10.6 Å². The minimum atomic E-state index is -0.245. The Morgan fingerprint density at radius 1 is 1.00 bits per heavy atom. The predicted molar refractivity (Wildman–Crippen MR) is 95.3 cm³/mol. The Balaban J connectivity index is 1.63.